The molecule has 0 radical (unpaired) electrons. The Morgan fingerprint density at radius 2 is 1.88 bits per heavy atom. The van der Waals surface area contributed by atoms with Gasteiger partial charge in [0.1, 0.15) is 6.61 Å². The number of nitrogens with one attached hydrogen (secondary N) is 1. The standard InChI is InChI=1S/C11H16N2O2.C2H6/c1-2-7-13-11(14)15-8-9-3-5-10(12)6-4-9;1-2/h3-6H,2,7-8,12H2,1H3,(H,13,14);1-2H3. The molecule has 0 aromatic heterocycles. The van der Waals surface area contributed by atoms with Gasteiger partial charge in [0.2, 0.25) is 0 Å². The van der Waals surface area contributed by atoms with E-state index in [0.717, 1.165) is 12.0 Å². The number of carbonyl (C=O) groups excluding carboxylic acids is 1. The Hall–Kier alpha value is -1.71. The summed E-state index contributed by atoms with van der Waals surface area (Å²) < 4.78 is 4.98. The first-order valence-corrected chi connectivity index (χ1v) is 5.97. The third-order valence-corrected chi connectivity index (χ3v) is 1.87. The summed E-state index contributed by atoms with van der Waals surface area (Å²) in [5, 5.41) is 2.63. The number of hydrogen-bond donors (Lipinski definition) is 2. The van der Waals surface area contributed by atoms with Crippen molar-refractivity contribution in [2.45, 2.75) is 33.8 Å². The fourth-order valence-corrected chi connectivity index (χ4v) is 1.04. The van der Waals surface area contributed by atoms with Crippen molar-refractivity contribution < 1.29 is 9.53 Å². The van der Waals surface area contributed by atoms with E-state index in [4.69, 9.17) is 10.5 Å². The fourth-order valence-electron chi connectivity index (χ4n) is 1.04. The number of hydrogen-bond acceptors (Lipinski definition) is 3. The zero-order chi connectivity index (χ0) is 13.1. The van der Waals surface area contributed by atoms with Gasteiger partial charge in [-0.25, -0.2) is 4.79 Å². The lowest BCUT2D eigenvalue weighted by molar-refractivity contribution is 0.139. The summed E-state index contributed by atoms with van der Waals surface area (Å²) in [5.74, 6) is 0. The highest BCUT2D eigenvalue weighted by Crippen LogP contribution is 2.06. The summed E-state index contributed by atoms with van der Waals surface area (Å²) in [6.07, 6.45) is 0.519. The van der Waals surface area contributed by atoms with E-state index in [1.807, 2.05) is 32.9 Å². The maximum atomic E-state index is 11.1. The van der Waals surface area contributed by atoms with Gasteiger partial charge in [0.25, 0.3) is 0 Å². The zero-order valence-electron chi connectivity index (χ0n) is 10.8. The maximum absolute atomic E-state index is 11.1. The van der Waals surface area contributed by atoms with Crippen molar-refractivity contribution in [3.8, 4) is 0 Å². The highest BCUT2D eigenvalue weighted by atomic mass is 16.5. The van der Waals surface area contributed by atoms with Crippen LogP contribution in [0.1, 0.15) is 32.8 Å². The highest BCUT2D eigenvalue weighted by molar-refractivity contribution is 5.67. The third kappa shape index (κ3) is 7.22. The number of benzene rings is 1. The van der Waals surface area contributed by atoms with Crippen molar-refractivity contribution in [1.82, 2.24) is 5.32 Å². The number of rotatable bonds is 4. The molecule has 96 valence electrons. The number of amides is 1. The van der Waals surface area contributed by atoms with Gasteiger partial charge in [-0.1, -0.05) is 32.9 Å². The first kappa shape index (κ1) is 15.3. The van der Waals surface area contributed by atoms with E-state index in [1.54, 1.807) is 12.1 Å². The van der Waals surface area contributed by atoms with E-state index in [2.05, 4.69) is 5.32 Å². The van der Waals surface area contributed by atoms with Crippen LogP contribution in [0.2, 0.25) is 0 Å². The smallest absolute Gasteiger partial charge is 0.407 e. The predicted octanol–water partition coefficient (Wildman–Crippen LogP) is 2.93. The number of alkyl carbamates (subject to hydrolysis) is 1. The van der Waals surface area contributed by atoms with Crippen molar-refractivity contribution in [2.75, 3.05) is 12.3 Å². The molecule has 0 spiro atoms. The first-order valence-electron chi connectivity index (χ1n) is 5.97. The topological polar surface area (TPSA) is 64.3 Å². The quantitative estimate of drug-likeness (QED) is 0.793. The molecule has 17 heavy (non-hydrogen) atoms. The van der Waals surface area contributed by atoms with Crippen molar-refractivity contribution in [1.29, 1.82) is 0 Å². The van der Waals surface area contributed by atoms with E-state index in [1.165, 1.54) is 0 Å². The average molecular weight is 238 g/mol. The van der Waals surface area contributed by atoms with Crippen molar-refractivity contribution in [3.05, 3.63) is 29.8 Å². The lowest BCUT2D eigenvalue weighted by atomic mass is 10.2. The van der Waals surface area contributed by atoms with E-state index in [0.29, 0.717) is 12.2 Å². The van der Waals surface area contributed by atoms with Crippen LogP contribution in [0, 0.1) is 0 Å². The second kappa shape index (κ2) is 9.51. The Balaban J connectivity index is 0.00000121. The van der Waals surface area contributed by atoms with E-state index < -0.39 is 0 Å². The largest absolute Gasteiger partial charge is 0.445 e. The SMILES string of the molecule is CC.CCCNC(=O)OCc1ccc(N)cc1. The Morgan fingerprint density at radius 1 is 1.29 bits per heavy atom. The molecular formula is C13H22N2O2. The number of ether oxygens (including phenoxy) is 1. The summed E-state index contributed by atoms with van der Waals surface area (Å²) in [4.78, 5) is 11.1. The van der Waals surface area contributed by atoms with Crippen molar-refractivity contribution in [3.63, 3.8) is 0 Å². The predicted molar refractivity (Wildman–Crippen MR) is 70.7 cm³/mol. The number of nitrogens with two attached hydrogens (primary N) is 1. The minimum Gasteiger partial charge on any atom is -0.445 e. The van der Waals surface area contributed by atoms with E-state index in [-0.39, 0.29) is 12.7 Å². The van der Waals surface area contributed by atoms with Crippen LogP contribution in [0.3, 0.4) is 0 Å². The first-order chi connectivity index (χ1) is 8.22. The van der Waals surface area contributed by atoms with Crippen LogP contribution in [-0.2, 0) is 11.3 Å². The molecule has 1 aromatic rings. The van der Waals surface area contributed by atoms with Crippen LogP contribution in [-0.4, -0.2) is 12.6 Å². The molecule has 0 aliphatic carbocycles. The minimum absolute atomic E-state index is 0.274. The van der Waals surface area contributed by atoms with Gasteiger partial charge in [-0.2, -0.15) is 0 Å². The summed E-state index contributed by atoms with van der Waals surface area (Å²) in [7, 11) is 0. The maximum Gasteiger partial charge on any atom is 0.407 e. The third-order valence-electron chi connectivity index (χ3n) is 1.87. The molecule has 4 heteroatoms. The minimum atomic E-state index is -0.381. The van der Waals surface area contributed by atoms with Crippen LogP contribution in [0.15, 0.2) is 24.3 Å². The summed E-state index contributed by atoms with van der Waals surface area (Å²) in [5.41, 5.74) is 7.16. The molecule has 4 nitrogen and oxygen atoms in total. The lowest BCUT2D eigenvalue weighted by Crippen LogP contribution is -2.24. The fraction of sp³-hybridized carbons (Fsp3) is 0.462. The lowest BCUT2D eigenvalue weighted by Gasteiger charge is -2.06. The zero-order valence-corrected chi connectivity index (χ0v) is 10.8. The Labute approximate surface area is 103 Å². The summed E-state index contributed by atoms with van der Waals surface area (Å²) in [6, 6.07) is 7.23. The van der Waals surface area contributed by atoms with E-state index >= 15 is 0 Å². The molecule has 1 aromatic carbocycles. The molecule has 3 N–H and O–H groups in total. The van der Waals surface area contributed by atoms with Crippen LogP contribution in [0.25, 0.3) is 0 Å². The number of nitrogen functional groups attached to an aromatic ring is 1. The van der Waals surface area contributed by atoms with Gasteiger partial charge < -0.3 is 15.8 Å². The molecule has 0 bridgehead atoms. The van der Waals surface area contributed by atoms with Gasteiger partial charge in [-0.3, -0.25) is 0 Å². The normalized spacial score (nSPS) is 8.88. The van der Waals surface area contributed by atoms with Gasteiger partial charge in [0, 0.05) is 12.2 Å². The molecule has 0 aliphatic heterocycles. The van der Waals surface area contributed by atoms with Crippen LogP contribution < -0.4 is 11.1 Å². The van der Waals surface area contributed by atoms with Gasteiger partial charge >= 0.3 is 6.09 Å². The Morgan fingerprint density at radius 3 is 2.41 bits per heavy atom. The van der Waals surface area contributed by atoms with Crippen LogP contribution in [0.4, 0.5) is 10.5 Å². The van der Waals surface area contributed by atoms with E-state index in [9.17, 15) is 4.79 Å². The molecular weight excluding hydrogens is 216 g/mol. The average Bonchev–Trinajstić information content (AvgIpc) is 2.38. The molecule has 0 aliphatic rings. The summed E-state index contributed by atoms with van der Waals surface area (Å²) in [6.45, 7) is 6.90. The summed E-state index contributed by atoms with van der Waals surface area (Å²) >= 11 is 0. The van der Waals surface area contributed by atoms with Gasteiger partial charge in [-0.15, -0.1) is 0 Å². The van der Waals surface area contributed by atoms with Crippen molar-refractivity contribution in [2.24, 2.45) is 0 Å². The monoisotopic (exact) mass is 238 g/mol. The molecule has 0 unspecified atom stereocenters. The molecule has 1 amide bonds. The Kier molecular flexibility index (Phi) is 8.55. The Bertz CT molecular complexity index is 310. The second-order valence-electron chi connectivity index (χ2n) is 3.24. The molecule has 0 saturated heterocycles. The number of carbonyl (C=O) groups is 1. The van der Waals surface area contributed by atoms with Crippen LogP contribution >= 0.6 is 0 Å². The second-order valence-corrected chi connectivity index (χ2v) is 3.24. The number of anilines is 1. The molecule has 0 saturated carbocycles. The van der Waals surface area contributed by atoms with Gasteiger partial charge in [0.15, 0.2) is 0 Å². The van der Waals surface area contributed by atoms with Crippen molar-refractivity contribution >= 4 is 11.8 Å². The highest BCUT2D eigenvalue weighted by Gasteiger charge is 2.00. The molecule has 0 heterocycles. The molecule has 1 rings (SSSR count). The molecule has 0 atom stereocenters. The molecule has 0 fully saturated rings. The van der Waals surface area contributed by atoms with Gasteiger partial charge in [-0.05, 0) is 24.1 Å². The van der Waals surface area contributed by atoms with Crippen LogP contribution in [0.5, 0.6) is 0 Å². The van der Waals surface area contributed by atoms with Gasteiger partial charge in [0.05, 0.1) is 0 Å².